The van der Waals surface area contributed by atoms with Gasteiger partial charge in [0.25, 0.3) is 5.91 Å². The van der Waals surface area contributed by atoms with E-state index >= 15 is 0 Å². The molecule has 0 radical (unpaired) electrons. The minimum absolute atomic E-state index is 0.0469. The molecule has 1 aliphatic heterocycles. The predicted octanol–water partition coefficient (Wildman–Crippen LogP) is 3.76. The number of carbonyl (C=O) groups is 1. The summed E-state index contributed by atoms with van der Waals surface area (Å²) in [5.74, 6) is 1.16. The fourth-order valence-electron chi connectivity index (χ4n) is 4.81. The van der Waals surface area contributed by atoms with Gasteiger partial charge in [-0.15, -0.1) is 0 Å². The zero-order valence-electron chi connectivity index (χ0n) is 19.8. The molecule has 0 saturated heterocycles. The molecule has 0 saturated carbocycles. The molecule has 0 spiro atoms. The van der Waals surface area contributed by atoms with E-state index in [1.54, 1.807) is 18.8 Å². The normalized spacial score (nSPS) is 13.2. The van der Waals surface area contributed by atoms with Gasteiger partial charge in [0.05, 0.1) is 26.2 Å². The SMILES string of the molecule is COc1ccc(Cn2c(=O)n3ncnc3c3c4c(sc32)N(C(=O)c2ccccc2)CCC4)cc1OC. The Kier molecular flexibility index (Phi) is 5.45. The van der Waals surface area contributed by atoms with Gasteiger partial charge in [-0.05, 0) is 42.7 Å². The van der Waals surface area contributed by atoms with Crippen molar-refractivity contribution in [2.75, 3.05) is 25.7 Å². The molecular weight excluding hydrogens is 478 g/mol. The number of methoxy groups -OCH3 is 2. The quantitative estimate of drug-likeness (QED) is 0.364. The number of nitrogens with zero attached hydrogens (tertiary/aromatic N) is 5. The van der Waals surface area contributed by atoms with E-state index in [2.05, 4.69) is 10.1 Å². The van der Waals surface area contributed by atoms with Gasteiger partial charge < -0.3 is 9.47 Å². The summed E-state index contributed by atoms with van der Waals surface area (Å²) < 4.78 is 13.9. The van der Waals surface area contributed by atoms with Crippen molar-refractivity contribution in [1.82, 2.24) is 19.2 Å². The maximum Gasteiger partial charge on any atom is 0.352 e. The van der Waals surface area contributed by atoms with Crippen LogP contribution in [-0.4, -0.2) is 45.8 Å². The fraction of sp³-hybridized carbons (Fsp3) is 0.231. The molecule has 0 unspecified atom stereocenters. The summed E-state index contributed by atoms with van der Waals surface area (Å²) in [6, 6.07) is 14.9. The predicted molar refractivity (Wildman–Crippen MR) is 138 cm³/mol. The van der Waals surface area contributed by atoms with Crippen molar-refractivity contribution in [3.05, 3.63) is 82.0 Å². The standard InChI is InChI=1S/C26H23N5O4S/c1-34-19-11-10-16(13-20(19)35-2)14-30-25-21(22-27-15-28-31(22)26(30)33)18-9-6-12-29(24(18)36-25)23(32)17-7-4-3-5-8-17/h3-5,7-8,10-11,13,15H,6,9,12,14H2,1-2H3. The molecule has 182 valence electrons. The molecule has 10 heteroatoms. The molecule has 36 heavy (non-hydrogen) atoms. The Morgan fingerprint density at radius 3 is 2.67 bits per heavy atom. The number of aromatic nitrogens is 4. The number of thiophene rings is 1. The van der Waals surface area contributed by atoms with Crippen molar-refractivity contribution in [1.29, 1.82) is 0 Å². The van der Waals surface area contributed by atoms with Gasteiger partial charge in [0.15, 0.2) is 17.1 Å². The highest BCUT2D eigenvalue weighted by Gasteiger charge is 2.30. The number of ether oxygens (including phenoxy) is 2. The molecule has 0 N–H and O–H groups in total. The summed E-state index contributed by atoms with van der Waals surface area (Å²) in [4.78, 5) is 34.0. The number of fused-ring (bicyclic) bond motifs is 5. The van der Waals surface area contributed by atoms with Gasteiger partial charge in [-0.1, -0.05) is 35.6 Å². The first-order chi connectivity index (χ1) is 17.6. The van der Waals surface area contributed by atoms with Gasteiger partial charge in [0.1, 0.15) is 16.2 Å². The third kappa shape index (κ3) is 3.44. The van der Waals surface area contributed by atoms with Crippen LogP contribution in [0.2, 0.25) is 0 Å². The minimum atomic E-state index is -0.288. The Morgan fingerprint density at radius 1 is 1.08 bits per heavy atom. The third-order valence-electron chi connectivity index (χ3n) is 6.50. The average Bonchev–Trinajstić information content (AvgIpc) is 3.56. The monoisotopic (exact) mass is 501 g/mol. The van der Waals surface area contributed by atoms with Crippen molar-refractivity contribution < 1.29 is 14.3 Å². The second kappa shape index (κ2) is 8.80. The van der Waals surface area contributed by atoms with Crippen LogP contribution >= 0.6 is 11.3 Å². The number of benzene rings is 2. The van der Waals surface area contributed by atoms with Crippen LogP contribution < -0.4 is 20.1 Å². The van der Waals surface area contributed by atoms with Crippen LogP contribution in [0.25, 0.3) is 15.9 Å². The Hall–Kier alpha value is -4.18. The fourth-order valence-corrected chi connectivity index (χ4v) is 6.18. The number of hydrogen-bond donors (Lipinski definition) is 0. The van der Waals surface area contributed by atoms with Crippen LogP contribution in [0, 0.1) is 0 Å². The summed E-state index contributed by atoms with van der Waals surface area (Å²) >= 11 is 1.46. The number of carbonyl (C=O) groups excluding carboxylic acids is 1. The van der Waals surface area contributed by atoms with Gasteiger partial charge in [0.2, 0.25) is 0 Å². The van der Waals surface area contributed by atoms with Crippen LogP contribution in [0.5, 0.6) is 11.5 Å². The van der Waals surface area contributed by atoms with E-state index in [0.29, 0.717) is 35.8 Å². The zero-order chi connectivity index (χ0) is 24.8. The van der Waals surface area contributed by atoms with E-state index in [4.69, 9.17) is 9.47 Å². The van der Waals surface area contributed by atoms with Crippen LogP contribution in [-0.2, 0) is 13.0 Å². The average molecular weight is 502 g/mol. The summed E-state index contributed by atoms with van der Waals surface area (Å²) in [6.07, 6.45) is 3.02. The van der Waals surface area contributed by atoms with Gasteiger partial charge >= 0.3 is 5.69 Å². The maximum absolute atomic E-state index is 13.5. The highest BCUT2D eigenvalue weighted by Crippen LogP contribution is 2.43. The summed E-state index contributed by atoms with van der Waals surface area (Å²) in [5, 5.41) is 5.95. The Balaban J connectivity index is 1.54. The van der Waals surface area contributed by atoms with E-state index in [9.17, 15) is 9.59 Å². The highest BCUT2D eigenvalue weighted by molar-refractivity contribution is 7.23. The molecule has 6 rings (SSSR count). The first-order valence-corrected chi connectivity index (χ1v) is 12.4. The summed E-state index contributed by atoms with van der Waals surface area (Å²) in [6.45, 7) is 0.925. The van der Waals surface area contributed by atoms with Crippen LogP contribution in [0.4, 0.5) is 5.00 Å². The number of rotatable bonds is 5. The molecular formula is C26H23N5O4S. The van der Waals surface area contributed by atoms with Gasteiger partial charge in [-0.3, -0.25) is 14.3 Å². The lowest BCUT2D eigenvalue weighted by molar-refractivity contribution is 0.0986. The maximum atomic E-state index is 13.5. The van der Waals surface area contributed by atoms with E-state index in [-0.39, 0.29) is 11.6 Å². The lowest BCUT2D eigenvalue weighted by Gasteiger charge is -2.26. The second-order valence-electron chi connectivity index (χ2n) is 8.55. The van der Waals surface area contributed by atoms with Gasteiger partial charge in [-0.25, -0.2) is 9.78 Å². The number of amides is 1. The van der Waals surface area contributed by atoms with Crippen LogP contribution in [0.1, 0.15) is 27.9 Å². The van der Waals surface area contributed by atoms with E-state index in [0.717, 1.165) is 39.2 Å². The van der Waals surface area contributed by atoms with E-state index < -0.39 is 0 Å². The van der Waals surface area contributed by atoms with Crippen LogP contribution in [0.15, 0.2) is 59.7 Å². The van der Waals surface area contributed by atoms with Crippen molar-refractivity contribution in [2.45, 2.75) is 19.4 Å². The lowest BCUT2D eigenvalue weighted by atomic mass is 10.0. The van der Waals surface area contributed by atoms with Gasteiger partial charge in [0, 0.05) is 17.7 Å². The lowest BCUT2D eigenvalue weighted by Crippen LogP contribution is -2.34. The smallest absolute Gasteiger partial charge is 0.352 e. The van der Waals surface area contributed by atoms with E-state index in [1.165, 1.54) is 22.2 Å². The molecule has 0 atom stereocenters. The van der Waals surface area contributed by atoms with Crippen molar-refractivity contribution in [3.8, 4) is 11.5 Å². The zero-order valence-corrected chi connectivity index (χ0v) is 20.6. The number of anilines is 1. The largest absolute Gasteiger partial charge is 0.493 e. The van der Waals surface area contributed by atoms with Crippen LogP contribution in [0.3, 0.4) is 0 Å². The molecule has 0 aliphatic carbocycles. The molecule has 3 aromatic heterocycles. The molecule has 2 aromatic carbocycles. The summed E-state index contributed by atoms with van der Waals surface area (Å²) in [5.41, 5.74) is 2.77. The molecule has 1 amide bonds. The third-order valence-corrected chi connectivity index (χ3v) is 7.78. The molecule has 9 nitrogen and oxygen atoms in total. The van der Waals surface area contributed by atoms with Gasteiger partial charge in [-0.2, -0.15) is 9.61 Å². The van der Waals surface area contributed by atoms with Crippen molar-refractivity contribution in [2.24, 2.45) is 0 Å². The molecule has 0 bridgehead atoms. The highest BCUT2D eigenvalue weighted by atomic mass is 32.1. The molecule has 1 aliphatic rings. The second-order valence-corrected chi connectivity index (χ2v) is 9.52. The molecule has 5 aromatic rings. The minimum Gasteiger partial charge on any atom is -0.493 e. The summed E-state index contributed by atoms with van der Waals surface area (Å²) in [7, 11) is 3.17. The Bertz CT molecular complexity index is 1670. The number of aryl methyl sites for hydroxylation is 1. The Morgan fingerprint density at radius 2 is 1.89 bits per heavy atom. The van der Waals surface area contributed by atoms with Crippen molar-refractivity contribution in [3.63, 3.8) is 0 Å². The van der Waals surface area contributed by atoms with Crippen molar-refractivity contribution >= 4 is 38.1 Å². The molecule has 0 fully saturated rings. The topological polar surface area (TPSA) is 91.0 Å². The first-order valence-electron chi connectivity index (χ1n) is 11.6. The number of hydrogen-bond acceptors (Lipinski definition) is 7. The Labute approximate surface area is 210 Å². The first kappa shape index (κ1) is 22.3. The molecule has 4 heterocycles. The van der Waals surface area contributed by atoms with E-state index in [1.807, 2.05) is 53.4 Å².